The number of nitro groups is 2. The first-order valence-electron chi connectivity index (χ1n) is 18.2. The quantitative estimate of drug-likeness (QED) is 0.141. The summed E-state index contributed by atoms with van der Waals surface area (Å²) in [5, 5.41) is 30.3. The average Bonchev–Trinajstić information content (AvgIpc) is 3.29. The Morgan fingerprint density at radius 2 is 1.20 bits per heavy atom. The van der Waals surface area contributed by atoms with Crippen LogP contribution in [0.25, 0.3) is 5.78 Å². The van der Waals surface area contributed by atoms with Gasteiger partial charge in [-0.2, -0.15) is 0 Å². The number of aromatic nitrogens is 6. The summed E-state index contributed by atoms with van der Waals surface area (Å²) in [5.41, 5.74) is 7.03. The molecule has 5 aromatic rings. The Morgan fingerprint density at radius 1 is 0.733 bits per heavy atom. The van der Waals surface area contributed by atoms with Gasteiger partial charge in [-0.25, -0.2) is 24.1 Å². The van der Waals surface area contributed by atoms with Crippen LogP contribution in [0.3, 0.4) is 0 Å². The molecule has 24 heteroatoms. The fourth-order valence-electron chi connectivity index (χ4n) is 5.61. The Morgan fingerprint density at radius 3 is 1.63 bits per heavy atom. The number of nitrogen functional groups attached to an aromatic ring is 1. The molecule has 0 unspecified atom stereocenters. The lowest BCUT2D eigenvalue weighted by Gasteiger charge is -2.28. The molecule has 0 bridgehead atoms. The van der Waals surface area contributed by atoms with Crippen LogP contribution in [0.1, 0.15) is 10.5 Å². The van der Waals surface area contributed by atoms with E-state index in [0.29, 0.717) is 51.0 Å². The van der Waals surface area contributed by atoms with Crippen molar-refractivity contribution in [2.75, 3.05) is 106 Å². The number of nitrogens with zero attached hydrogens (tertiary/aromatic N) is 11. The minimum Gasteiger partial charge on any atom is -0.501 e. The molecule has 60 heavy (non-hydrogen) atoms. The number of aromatic hydroxyl groups is 1. The summed E-state index contributed by atoms with van der Waals surface area (Å²) in [5.74, 6) is -1.33. The first kappa shape index (κ1) is 44.5. The summed E-state index contributed by atoms with van der Waals surface area (Å²) in [4.78, 5) is 68.8. The molecule has 3 N–H and O–H groups in total. The molecule has 3 saturated heterocycles. The molecule has 0 aromatic carbocycles. The molecule has 0 aliphatic carbocycles. The van der Waals surface area contributed by atoms with Gasteiger partial charge in [-0.1, -0.05) is 0 Å². The van der Waals surface area contributed by atoms with Crippen LogP contribution < -0.4 is 26.0 Å². The van der Waals surface area contributed by atoms with Gasteiger partial charge in [0.15, 0.2) is 18.1 Å². The average molecular weight is 898 g/mol. The van der Waals surface area contributed by atoms with Crippen molar-refractivity contribution in [1.29, 1.82) is 0 Å². The van der Waals surface area contributed by atoms with E-state index >= 15 is 0 Å². The molecule has 0 spiro atoms. The molecule has 0 atom stereocenters. The zero-order valence-electron chi connectivity index (χ0n) is 32.2. The maximum atomic E-state index is 12.2. The van der Waals surface area contributed by atoms with Crippen molar-refractivity contribution < 1.29 is 38.7 Å². The van der Waals surface area contributed by atoms with Crippen molar-refractivity contribution in [3.63, 3.8) is 0 Å². The highest BCUT2D eigenvalue weighted by molar-refractivity contribution is 9.10. The number of pyridine rings is 3. The van der Waals surface area contributed by atoms with Gasteiger partial charge in [-0.05, 0) is 60.0 Å². The van der Waals surface area contributed by atoms with E-state index in [4.69, 9.17) is 19.9 Å². The largest absolute Gasteiger partial charge is 0.501 e. The Balaban J connectivity index is 0.000000158. The Labute approximate surface area is 349 Å². The summed E-state index contributed by atoms with van der Waals surface area (Å²) in [6, 6.07) is 9.87. The first-order valence-corrected chi connectivity index (χ1v) is 19.0. The second-order valence-electron chi connectivity index (χ2n) is 12.6. The molecule has 3 aliphatic heterocycles. The molecule has 0 radical (unpaired) electrons. The monoisotopic (exact) mass is 896 g/mol. The zero-order valence-corrected chi connectivity index (χ0v) is 33.8. The van der Waals surface area contributed by atoms with Gasteiger partial charge in [0.05, 0.1) is 80.7 Å². The number of halogens is 1. The summed E-state index contributed by atoms with van der Waals surface area (Å²) in [6.45, 7) is 9.01. The van der Waals surface area contributed by atoms with Crippen molar-refractivity contribution in [2.24, 2.45) is 0 Å². The molecule has 3 aliphatic rings. The van der Waals surface area contributed by atoms with Crippen molar-refractivity contribution >= 4 is 62.2 Å². The van der Waals surface area contributed by atoms with E-state index in [1.54, 1.807) is 24.5 Å². The molecular formula is C36H41BrN12O11. The van der Waals surface area contributed by atoms with Crippen LogP contribution in [-0.2, 0) is 18.9 Å². The Hall–Kier alpha value is -6.63. The minimum absolute atomic E-state index is 0.0141. The number of methoxy groups -OCH3 is 1. The summed E-state index contributed by atoms with van der Waals surface area (Å²) >= 11 is 3.11. The lowest BCUT2D eigenvalue weighted by atomic mass is 10.3. The number of hydrogen-bond donors (Lipinski definition) is 2. The number of carbonyl (C=O) groups excluding carboxylic acids is 1. The van der Waals surface area contributed by atoms with Crippen LogP contribution in [0.15, 0.2) is 76.6 Å². The molecule has 5 aromatic heterocycles. The number of hydrogen-bond acceptors (Lipinski definition) is 20. The van der Waals surface area contributed by atoms with Crippen LogP contribution in [0, 0.1) is 20.2 Å². The lowest BCUT2D eigenvalue weighted by molar-refractivity contribution is -0.389. The molecule has 318 valence electrons. The predicted molar refractivity (Wildman–Crippen MR) is 219 cm³/mol. The van der Waals surface area contributed by atoms with Crippen LogP contribution in [0.2, 0.25) is 0 Å². The topological polar surface area (TPSA) is 282 Å². The highest BCUT2D eigenvalue weighted by Gasteiger charge is 2.21. The normalized spacial score (nSPS) is 14.9. The third-order valence-electron chi connectivity index (χ3n) is 8.74. The molecule has 0 amide bonds. The number of esters is 1. The van der Waals surface area contributed by atoms with Crippen LogP contribution >= 0.6 is 15.9 Å². The molecule has 8 heterocycles. The van der Waals surface area contributed by atoms with E-state index in [9.17, 15) is 34.9 Å². The van der Waals surface area contributed by atoms with E-state index in [2.05, 4.69) is 55.4 Å². The van der Waals surface area contributed by atoms with Crippen LogP contribution in [0.5, 0.6) is 5.75 Å². The molecule has 0 saturated carbocycles. The van der Waals surface area contributed by atoms with Crippen molar-refractivity contribution in [3.05, 3.63) is 108 Å². The van der Waals surface area contributed by atoms with Gasteiger partial charge in [0.1, 0.15) is 5.82 Å². The number of nitrogens with two attached hydrogens (primary N) is 1. The fraction of sp³-hybridized carbons (Fsp3) is 0.361. The molecule has 23 nitrogen and oxygen atoms in total. The fourth-order valence-corrected chi connectivity index (χ4v) is 5.85. The van der Waals surface area contributed by atoms with E-state index in [1.165, 1.54) is 30.7 Å². The summed E-state index contributed by atoms with van der Waals surface area (Å²) in [7, 11) is 1.14. The predicted octanol–water partition coefficient (Wildman–Crippen LogP) is 2.50. The van der Waals surface area contributed by atoms with Gasteiger partial charge < -0.3 is 64.7 Å². The SMILES string of the molecule is COC(=O)c1nc2ncc(N3CCOCC3)cn2c(=O)c1O.Nc1ccc(N2CCOCC2)cn1.O=[N+]([O-])c1ccc(Br)cn1.O=[N+]([O-])c1ccc(N2CCOCC2)cn1. The third kappa shape index (κ3) is 12.4. The van der Waals surface area contributed by atoms with Crippen LogP contribution in [-0.4, -0.2) is 136 Å². The number of carbonyl (C=O) groups is 1. The van der Waals surface area contributed by atoms with Gasteiger partial charge in [0.2, 0.25) is 11.5 Å². The minimum atomic E-state index is -0.892. The number of rotatable bonds is 6. The first-order chi connectivity index (χ1) is 28.9. The van der Waals surface area contributed by atoms with E-state index in [1.807, 2.05) is 17.0 Å². The summed E-state index contributed by atoms with van der Waals surface area (Å²) < 4.78 is 22.1. The van der Waals surface area contributed by atoms with Crippen molar-refractivity contribution in [1.82, 2.24) is 29.3 Å². The lowest BCUT2D eigenvalue weighted by Crippen LogP contribution is -2.36. The van der Waals surface area contributed by atoms with Gasteiger partial charge in [-0.15, -0.1) is 0 Å². The highest BCUT2D eigenvalue weighted by atomic mass is 79.9. The van der Waals surface area contributed by atoms with E-state index in [-0.39, 0.29) is 17.4 Å². The number of anilines is 4. The number of fused-ring (bicyclic) bond motifs is 1. The molecular weight excluding hydrogens is 856 g/mol. The van der Waals surface area contributed by atoms with E-state index < -0.39 is 32.8 Å². The Bertz CT molecular complexity index is 2250. The maximum absolute atomic E-state index is 12.2. The van der Waals surface area contributed by atoms with E-state index in [0.717, 1.165) is 66.8 Å². The van der Waals surface area contributed by atoms with Gasteiger partial charge >= 0.3 is 23.2 Å². The van der Waals surface area contributed by atoms with Gasteiger partial charge in [0.25, 0.3) is 0 Å². The van der Waals surface area contributed by atoms with Crippen molar-refractivity contribution in [2.45, 2.75) is 0 Å². The standard InChI is InChI=1S/C13H14N4O5.C9H11N3O3.C9H13N3O.C5H3BrN2O2/c1-21-12(20)9-10(18)11(19)17-7-8(6-14-13(17)15-9)16-2-4-22-5-3-16;13-12(14)9-2-1-8(7-10-9)11-3-5-15-6-4-11;10-9-2-1-8(7-11-9)12-3-5-13-6-4-12;6-4-1-2-5(7-3-4)8(9)10/h6-7,18H,2-5H2,1H3;1-2,7H,3-6H2;1-2,7H,3-6H2,(H2,10,11);1-3H. The number of ether oxygens (including phenoxy) is 4. The van der Waals surface area contributed by atoms with Gasteiger partial charge in [0, 0.05) is 57.6 Å². The Kier molecular flexibility index (Phi) is 16.3. The smallest absolute Gasteiger partial charge is 0.363 e. The third-order valence-corrected chi connectivity index (χ3v) is 9.21. The highest BCUT2D eigenvalue weighted by Crippen LogP contribution is 2.19. The second-order valence-corrected chi connectivity index (χ2v) is 13.5. The molecule has 8 rings (SSSR count). The molecule has 3 fully saturated rings. The maximum Gasteiger partial charge on any atom is 0.363 e. The zero-order chi connectivity index (χ0) is 43.0. The van der Waals surface area contributed by atoms with Gasteiger partial charge in [-0.3, -0.25) is 4.79 Å². The van der Waals surface area contributed by atoms with Crippen molar-refractivity contribution in [3.8, 4) is 5.75 Å². The number of morpholine rings is 3. The van der Waals surface area contributed by atoms with Crippen LogP contribution in [0.4, 0.5) is 34.5 Å². The summed E-state index contributed by atoms with van der Waals surface area (Å²) in [6.07, 6.45) is 7.82. The second kappa shape index (κ2) is 21.9.